The van der Waals surface area contributed by atoms with Crippen LogP contribution in [0.3, 0.4) is 0 Å². The average Bonchev–Trinajstić information content (AvgIpc) is 2.58. The van der Waals surface area contributed by atoms with Crippen LogP contribution >= 0.6 is 11.8 Å². The van der Waals surface area contributed by atoms with Crippen molar-refractivity contribution in [2.24, 2.45) is 0 Å². The summed E-state index contributed by atoms with van der Waals surface area (Å²) in [5.41, 5.74) is 8.44. The van der Waals surface area contributed by atoms with E-state index in [9.17, 15) is 20.1 Å². The van der Waals surface area contributed by atoms with E-state index < -0.39 is 11.5 Å². The zero-order chi connectivity index (χ0) is 17.9. The number of hydrogen-bond donors (Lipinski definition) is 2. The molecule has 0 unspecified atom stereocenters. The molecule has 1 heterocycles. The summed E-state index contributed by atoms with van der Waals surface area (Å²) in [4.78, 5) is 24.9. The highest BCUT2D eigenvalue weighted by atomic mass is 32.2. The van der Waals surface area contributed by atoms with Crippen LogP contribution in [0.5, 0.6) is 0 Å². The van der Waals surface area contributed by atoms with Gasteiger partial charge in [0.2, 0.25) is 0 Å². The number of rotatable bonds is 3. The molecule has 0 saturated carbocycles. The lowest BCUT2D eigenvalue weighted by molar-refractivity contribution is 0.101. The van der Waals surface area contributed by atoms with Gasteiger partial charge in [-0.2, -0.15) is 15.2 Å². The lowest BCUT2D eigenvalue weighted by atomic mass is 10.1. The van der Waals surface area contributed by atoms with Crippen LogP contribution in [0.1, 0.15) is 27.0 Å². The number of carbonyl (C=O) groups excluding carboxylic acids is 1. The second-order valence-electron chi connectivity index (χ2n) is 4.84. The molecule has 3 N–H and O–H groups in total. The van der Waals surface area contributed by atoms with E-state index in [-0.39, 0.29) is 21.8 Å². The Kier molecular flexibility index (Phi) is 4.93. The van der Waals surface area contributed by atoms with Crippen molar-refractivity contribution in [1.29, 1.82) is 10.5 Å². The van der Waals surface area contributed by atoms with Gasteiger partial charge in [0.25, 0.3) is 11.5 Å². The quantitative estimate of drug-likeness (QED) is 0.818. The van der Waals surface area contributed by atoms with Crippen molar-refractivity contribution in [1.82, 2.24) is 4.68 Å². The molecule has 8 heteroatoms. The van der Waals surface area contributed by atoms with Crippen molar-refractivity contribution in [3.05, 3.63) is 56.9 Å². The van der Waals surface area contributed by atoms with E-state index in [4.69, 9.17) is 5.73 Å². The lowest BCUT2D eigenvalue weighted by Gasteiger charge is -2.15. The summed E-state index contributed by atoms with van der Waals surface area (Å²) >= 11 is 1.07. The van der Waals surface area contributed by atoms with Crippen LogP contribution in [0.15, 0.2) is 34.0 Å². The Bertz CT molecular complexity index is 949. The van der Waals surface area contributed by atoms with Gasteiger partial charge in [0.1, 0.15) is 29.1 Å². The molecule has 0 atom stereocenters. The van der Waals surface area contributed by atoms with E-state index in [0.717, 1.165) is 22.0 Å². The van der Waals surface area contributed by atoms with Gasteiger partial charge >= 0.3 is 0 Å². The Morgan fingerprint density at radius 2 is 1.79 bits per heavy atom. The maximum Gasteiger partial charge on any atom is 0.290 e. The minimum absolute atomic E-state index is 0.0251. The number of aromatic nitrogens is 1. The van der Waals surface area contributed by atoms with E-state index in [1.807, 2.05) is 13.0 Å². The standard InChI is InChI=1S/C16H13N5O2S/c1-9-3-5-10(6-4-9)15(22)20-21-14(19)11(7-17)13(24-2)12(8-18)16(21)23/h3-6H,19H2,1-2H3,(H,20,22). The van der Waals surface area contributed by atoms with Crippen LogP contribution < -0.4 is 16.7 Å². The number of carbonyl (C=O) groups is 1. The third-order valence-electron chi connectivity index (χ3n) is 3.32. The van der Waals surface area contributed by atoms with Crippen molar-refractivity contribution >= 4 is 23.5 Å². The summed E-state index contributed by atoms with van der Waals surface area (Å²) in [6.45, 7) is 1.88. The maximum atomic E-state index is 12.4. The number of nitrogens with two attached hydrogens (primary N) is 1. The van der Waals surface area contributed by atoms with E-state index >= 15 is 0 Å². The van der Waals surface area contributed by atoms with Crippen LogP contribution in [0, 0.1) is 29.6 Å². The van der Waals surface area contributed by atoms with Crippen LogP contribution in [-0.2, 0) is 0 Å². The number of nitrogens with zero attached hydrogens (tertiary/aromatic N) is 3. The number of pyridine rings is 1. The van der Waals surface area contributed by atoms with E-state index in [2.05, 4.69) is 5.43 Å². The van der Waals surface area contributed by atoms with E-state index in [1.165, 1.54) is 0 Å². The van der Waals surface area contributed by atoms with E-state index in [1.54, 1.807) is 36.6 Å². The van der Waals surface area contributed by atoms with Gasteiger partial charge in [0, 0.05) is 5.56 Å². The van der Waals surface area contributed by atoms with Crippen LogP contribution in [0.2, 0.25) is 0 Å². The molecule has 0 aliphatic carbocycles. The molecule has 1 amide bonds. The van der Waals surface area contributed by atoms with Gasteiger partial charge in [-0.1, -0.05) is 17.7 Å². The number of benzene rings is 1. The summed E-state index contributed by atoms with van der Waals surface area (Å²) in [6.07, 6.45) is 1.63. The van der Waals surface area contributed by atoms with Crippen LogP contribution in [0.25, 0.3) is 0 Å². The highest BCUT2D eigenvalue weighted by Crippen LogP contribution is 2.25. The lowest BCUT2D eigenvalue weighted by Crippen LogP contribution is -2.37. The van der Waals surface area contributed by atoms with Gasteiger partial charge in [-0.25, -0.2) is 0 Å². The minimum Gasteiger partial charge on any atom is -0.382 e. The number of nitrogens with one attached hydrogen (secondary N) is 1. The zero-order valence-electron chi connectivity index (χ0n) is 13.0. The summed E-state index contributed by atoms with van der Waals surface area (Å²) in [6, 6.07) is 10.3. The first-order valence-corrected chi connectivity index (χ1v) is 7.97. The molecule has 0 radical (unpaired) electrons. The maximum absolute atomic E-state index is 12.4. The molecule has 2 aromatic rings. The van der Waals surface area contributed by atoms with Gasteiger partial charge in [0.15, 0.2) is 0 Å². The summed E-state index contributed by atoms with van der Waals surface area (Å²) in [5.74, 6) is -0.792. The van der Waals surface area contributed by atoms with Crippen molar-refractivity contribution in [3.8, 4) is 12.1 Å². The van der Waals surface area contributed by atoms with E-state index in [0.29, 0.717) is 5.56 Å². The fourth-order valence-corrected chi connectivity index (χ4v) is 2.76. The Labute approximate surface area is 142 Å². The molecule has 24 heavy (non-hydrogen) atoms. The molecule has 0 spiro atoms. The Morgan fingerprint density at radius 1 is 1.21 bits per heavy atom. The molecule has 7 nitrogen and oxygen atoms in total. The molecular weight excluding hydrogens is 326 g/mol. The first-order chi connectivity index (χ1) is 11.4. The molecule has 0 bridgehead atoms. The van der Waals surface area contributed by atoms with Crippen molar-refractivity contribution < 1.29 is 4.79 Å². The summed E-state index contributed by atoms with van der Waals surface area (Å²) < 4.78 is 0.735. The third-order valence-corrected chi connectivity index (χ3v) is 4.14. The highest BCUT2D eigenvalue weighted by Gasteiger charge is 2.21. The average molecular weight is 339 g/mol. The largest absolute Gasteiger partial charge is 0.382 e. The Balaban J connectivity index is 2.57. The number of anilines is 1. The van der Waals surface area contributed by atoms with Gasteiger partial charge in [-0.3, -0.25) is 15.0 Å². The topological polar surface area (TPSA) is 125 Å². The first-order valence-electron chi connectivity index (χ1n) is 6.75. The highest BCUT2D eigenvalue weighted by molar-refractivity contribution is 7.98. The summed E-state index contributed by atoms with van der Waals surface area (Å²) in [7, 11) is 0. The molecule has 1 aromatic carbocycles. The van der Waals surface area contributed by atoms with Crippen molar-refractivity contribution in [3.63, 3.8) is 0 Å². The van der Waals surface area contributed by atoms with Gasteiger partial charge in [-0.15, -0.1) is 11.8 Å². The monoisotopic (exact) mass is 339 g/mol. The van der Waals surface area contributed by atoms with Crippen LogP contribution in [-0.4, -0.2) is 16.8 Å². The SMILES string of the molecule is CSc1c(C#N)c(N)n(NC(=O)c2ccc(C)cc2)c(=O)c1C#N. The molecular formula is C16H13N5O2S. The number of thioether (sulfide) groups is 1. The molecule has 0 saturated heterocycles. The normalized spacial score (nSPS) is 9.83. The second kappa shape index (κ2) is 6.90. The third kappa shape index (κ3) is 2.96. The number of amides is 1. The Hall–Kier alpha value is -3.23. The first kappa shape index (κ1) is 17.1. The molecule has 120 valence electrons. The molecule has 1 aromatic heterocycles. The molecule has 2 rings (SSSR count). The predicted molar refractivity (Wildman–Crippen MR) is 91.2 cm³/mol. The van der Waals surface area contributed by atoms with Gasteiger partial charge in [-0.05, 0) is 25.3 Å². The fraction of sp³-hybridized carbons (Fsp3) is 0.125. The zero-order valence-corrected chi connectivity index (χ0v) is 13.8. The number of aryl methyl sites for hydroxylation is 1. The van der Waals surface area contributed by atoms with Crippen molar-refractivity contribution in [2.75, 3.05) is 17.4 Å². The van der Waals surface area contributed by atoms with Crippen LogP contribution in [0.4, 0.5) is 5.82 Å². The van der Waals surface area contributed by atoms with Crippen molar-refractivity contribution in [2.45, 2.75) is 11.8 Å². The molecule has 0 aliphatic heterocycles. The Morgan fingerprint density at radius 3 is 2.29 bits per heavy atom. The second-order valence-corrected chi connectivity index (χ2v) is 5.66. The van der Waals surface area contributed by atoms with Gasteiger partial charge in [0.05, 0.1) is 4.90 Å². The molecule has 0 fully saturated rings. The van der Waals surface area contributed by atoms with Gasteiger partial charge < -0.3 is 5.73 Å². The number of nitriles is 2. The fourth-order valence-electron chi connectivity index (χ4n) is 2.06. The minimum atomic E-state index is -0.779. The molecule has 0 aliphatic rings. The number of nitrogen functional groups attached to an aromatic ring is 1. The summed E-state index contributed by atoms with van der Waals surface area (Å²) in [5, 5.41) is 18.5. The smallest absolute Gasteiger partial charge is 0.290 e. The predicted octanol–water partition coefficient (Wildman–Crippen LogP) is 1.59. The number of hydrogen-bond acceptors (Lipinski definition) is 6.